The standard InChI is InChI=1S/C14H17N5O2S/c1-8-12(22-7-16-8)14(21)19-5-3-2-4-11(19)9-6-10(13(15)20)18-17-9/h6-7,11H,2-5H2,1H3,(H2,15,20)(H,17,18)/t11-/m1/s1. The monoisotopic (exact) mass is 319 g/mol. The zero-order chi connectivity index (χ0) is 15.7. The van der Waals surface area contributed by atoms with Gasteiger partial charge in [0.25, 0.3) is 11.8 Å². The number of thiazole rings is 1. The van der Waals surface area contributed by atoms with Crippen LogP contribution < -0.4 is 5.73 Å². The van der Waals surface area contributed by atoms with Crippen molar-refractivity contribution in [1.29, 1.82) is 0 Å². The Kier molecular flexibility index (Phi) is 3.93. The maximum Gasteiger partial charge on any atom is 0.269 e. The number of nitrogens with zero attached hydrogens (tertiary/aromatic N) is 3. The zero-order valence-corrected chi connectivity index (χ0v) is 13.0. The van der Waals surface area contributed by atoms with Gasteiger partial charge in [-0.1, -0.05) is 0 Å². The second-order valence-corrected chi connectivity index (χ2v) is 6.20. The van der Waals surface area contributed by atoms with Gasteiger partial charge in [0.15, 0.2) is 0 Å². The molecule has 0 unspecified atom stereocenters. The fraction of sp³-hybridized carbons (Fsp3) is 0.429. The quantitative estimate of drug-likeness (QED) is 0.897. The van der Waals surface area contributed by atoms with Crippen LogP contribution in [0.3, 0.4) is 0 Å². The molecule has 1 atom stereocenters. The van der Waals surface area contributed by atoms with E-state index in [4.69, 9.17) is 5.73 Å². The van der Waals surface area contributed by atoms with E-state index in [0.717, 1.165) is 30.7 Å². The Labute approximate surface area is 131 Å². The molecule has 0 bridgehead atoms. The maximum absolute atomic E-state index is 12.8. The molecule has 3 rings (SSSR count). The molecule has 1 aliphatic heterocycles. The summed E-state index contributed by atoms with van der Waals surface area (Å²) in [5.74, 6) is -0.589. The lowest BCUT2D eigenvalue weighted by Gasteiger charge is -2.34. The summed E-state index contributed by atoms with van der Waals surface area (Å²) in [4.78, 5) is 30.6. The van der Waals surface area contributed by atoms with Gasteiger partial charge in [0.1, 0.15) is 10.6 Å². The SMILES string of the molecule is Cc1ncsc1C(=O)N1CCCC[C@@H]1c1cc(C(N)=O)n[nH]1. The average Bonchev–Trinajstić information content (AvgIpc) is 3.15. The minimum Gasteiger partial charge on any atom is -0.364 e. The van der Waals surface area contributed by atoms with Crippen molar-refractivity contribution >= 4 is 23.2 Å². The van der Waals surface area contributed by atoms with E-state index < -0.39 is 5.91 Å². The van der Waals surface area contributed by atoms with E-state index in [1.165, 1.54) is 11.3 Å². The Hall–Kier alpha value is -2.22. The fourth-order valence-electron chi connectivity index (χ4n) is 2.77. The number of aromatic amines is 1. The number of hydrogen-bond acceptors (Lipinski definition) is 5. The van der Waals surface area contributed by atoms with E-state index in [-0.39, 0.29) is 17.6 Å². The molecule has 7 nitrogen and oxygen atoms in total. The third kappa shape index (κ3) is 2.61. The smallest absolute Gasteiger partial charge is 0.269 e. The highest BCUT2D eigenvalue weighted by Crippen LogP contribution is 2.32. The molecule has 2 aromatic rings. The van der Waals surface area contributed by atoms with Gasteiger partial charge >= 0.3 is 0 Å². The second kappa shape index (κ2) is 5.88. The Bertz CT molecular complexity index is 708. The van der Waals surface area contributed by atoms with Gasteiger partial charge in [-0.05, 0) is 32.3 Å². The number of likely N-dealkylation sites (tertiary alicyclic amines) is 1. The van der Waals surface area contributed by atoms with Gasteiger partial charge in [-0.2, -0.15) is 5.10 Å². The van der Waals surface area contributed by atoms with E-state index in [1.54, 1.807) is 11.6 Å². The molecule has 0 aliphatic carbocycles. The minimum absolute atomic E-state index is 0.0140. The minimum atomic E-state index is -0.575. The number of hydrogen-bond donors (Lipinski definition) is 2. The molecule has 0 saturated carbocycles. The van der Waals surface area contributed by atoms with Gasteiger partial charge < -0.3 is 10.6 Å². The number of amides is 2. The molecule has 22 heavy (non-hydrogen) atoms. The predicted octanol–water partition coefficient (Wildman–Crippen LogP) is 1.64. The topological polar surface area (TPSA) is 105 Å². The van der Waals surface area contributed by atoms with Crippen LogP contribution in [0, 0.1) is 6.92 Å². The van der Waals surface area contributed by atoms with Crippen LogP contribution in [0.1, 0.15) is 56.9 Å². The number of piperidine rings is 1. The number of rotatable bonds is 3. The first-order chi connectivity index (χ1) is 10.6. The van der Waals surface area contributed by atoms with Crippen molar-refractivity contribution < 1.29 is 9.59 Å². The van der Waals surface area contributed by atoms with Gasteiger partial charge in [0, 0.05) is 6.54 Å². The number of nitrogens with two attached hydrogens (primary N) is 1. The van der Waals surface area contributed by atoms with Crippen LogP contribution in [-0.2, 0) is 0 Å². The number of carbonyl (C=O) groups excluding carboxylic acids is 2. The van der Waals surface area contributed by atoms with Gasteiger partial charge in [-0.3, -0.25) is 14.7 Å². The van der Waals surface area contributed by atoms with Crippen molar-refractivity contribution in [2.24, 2.45) is 5.73 Å². The van der Waals surface area contributed by atoms with E-state index in [9.17, 15) is 9.59 Å². The molecule has 2 aromatic heterocycles. The van der Waals surface area contributed by atoms with Crippen LogP contribution in [0.15, 0.2) is 11.6 Å². The van der Waals surface area contributed by atoms with E-state index in [2.05, 4.69) is 15.2 Å². The number of carbonyl (C=O) groups is 2. The van der Waals surface area contributed by atoms with E-state index in [1.807, 2.05) is 11.8 Å². The van der Waals surface area contributed by atoms with Crippen molar-refractivity contribution in [2.75, 3.05) is 6.54 Å². The van der Waals surface area contributed by atoms with Gasteiger partial charge in [-0.15, -0.1) is 11.3 Å². The van der Waals surface area contributed by atoms with Crippen molar-refractivity contribution in [1.82, 2.24) is 20.1 Å². The highest BCUT2D eigenvalue weighted by atomic mass is 32.1. The summed E-state index contributed by atoms with van der Waals surface area (Å²) in [5.41, 5.74) is 8.62. The van der Waals surface area contributed by atoms with Gasteiger partial charge in [0.05, 0.1) is 22.9 Å². The Morgan fingerprint density at radius 3 is 2.91 bits per heavy atom. The summed E-state index contributed by atoms with van der Waals surface area (Å²) < 4.78 is 0. The molecule has 0 radical (unpaired) electrons. The molecule has 1 fully saturated rings. The first-order valence-corrected chi connectivity index (χ1v) is 8.02. The first-order valence-electron chi connectivity index (χ1n) is 7.14. The number of primary amides is 1. The van der Waals surface area contributed by atoms with Crippen molar-refractivity contribution in [3.05, 3.63) is 33.5 Å². The average molecular weight is 319 g/mol. The Morgan fingerprint density at radius 2 is 2.27 bits per heavy atom. The summed E-state index contributed by atoms with van der Waals surface area (Å²) in [5, 5.41) is 6.76. The van der Waals surface area contributed by atoms with Crippen molar-refractivity contribution in [3.8, 4) is 0 Å². The molecule has 1 saturated heterocycles. The molecular weight excluding hydrogens is 302 g/mol. The van der Waals surface area contributed by atoms with E-state index in [0.29, 0.717) is 11.4 Å². The van der Waals surface area contributed by atoms with Gasteiger partial charge in [0.2, 0.25) is 0 Å². The highest BCUT2D eigenvalue weighted by molar-refractivity contribution is 7.11. The number of aromatic nitrogens is 3. The molecule has 116 valence electrons. The molecular formula is C14H17N5O2S. The summed E-state index contributed by atoms with van der Waals surface area (Å²) in [6.07, 6.45) is 2.84. The predicted molar refractivity (Wildman–Crippen MR) is 81.6 cm³/mol. The third-order valence-corrected chi connectivity index (χ3v) is 4.83. The largest absolute Gasteiger partial charge is 0.364 e. The lowest BCUT2D eigenvalue weighted by atomic mass is 9.98. The summed E-state index contributed by atoms with van der Waals surface area (Å²) in [6.45, 7) is 2.52. The Morgan fingerprint density at radius 1 is 1.45 bits per heavy atom. The highest BCUT2D eigenvalue weighted by Gasteiger charge is 2.31. The summed E-state index contributed by atoms with van der Waals surface area (Å²) >= 11 is 1.36. The van der Waals surface area contributed by atoms with Crippen LogP contribution in [0.5, 0.6) is 0 Å². The molecule has 0 aromatic carbocycles. The Balaban J connectivity index is 1.89. The zero-order valence-electron chi connectivity index (χ0n) is 12.2. The molecule has 1 aliphatic rings. The van der Waals surface area contributed by atoms with E-state index >= 15 is 0 Å². The molecule has 2 amide bonds. The number of aryl methyl sites for hydroxylation is 1. The summed E-state index contributed by atoms with van der Waals surface area (Å²) in [7, 11) is 0. The molecule has 3 heterocycles. The molecule has 0 spiro atoms. The second-order valence-electron chi connectivity index (χ2n) is 5.35. The van der Waals surface area contributed by atoms with Crippen LogP contribution in [0.2, 0.25) is 0 Å². The lowest BCUT2D eigenvalue weighted by Crippen LogP contribution is -2.38. The maximum atomic E-state index is 12.8. The van der Waals surface area contributed by atoms with Crippen LogP contribution >= 0.6 is 11.3 Å². The number of nitrogens with one attached hydrogen (secondary N) is 1. The molecule has 3 N–H and O–H groups in total. The number of H-pyrrole nitrogens is 1. The van der Waals surface area contributed by atoms with Crippen LogP contribution in [0.4, 0.5) is 0 Å². The van der Waals surface area contributed by atoms with Gasteiger partial charge in [-0.25, -0.2) is 4.98 Å². The van der Waals surface area contributed by atoms with Crippen molar-refractivity contribution in [2.45, 2.75) is 32.2 Å². The van der Waals surface area contributed by atoms with Crippen molar-refractivity contribution in [3.63, 3.8) is 0 Å². The third-order valence-electron chi connectivity index (χ3n) is 3.91. The summed E-state index contributed by atoms with van der Waals surface area (Å²) in [6, 6.07) is 1.53. The van der Waals surface area contributed by atoms with Crippen LogP contribution in [-0.4, -0.2) is 38.4 Å². The lowest BCUT2D eigenvalue weighted by molar-refractivity contribution is 0.0610. The van der Waals surface area contributed by atoms with Crippen LogP contribution in [0.25, 0.3) is 0 Å². The molecule has 8 heteroatoms. The fourth-order valence-corrected chi connectivity index (χ4v) is 3.53. The first kappa shape index (κ1) is 14.7. The normalized spacial score (nSPS) is 18.4.